The minimum Gasteiger partial charge on any atom is -0.481 e. The van der Waals surface area contributed by atoms with Crippen LogP contribution in [0.15, 0.2) is 59.5 Å². The number of hydrogen-bond acceptors (Lipinski definition) is 4. The number of para-hydroxylation sites is 1. The quantitative estimate of drug-likeness (QED) is 0.818. The third-order valence-electron chi connectivity index (χ3n) is 4.20. The van der Waals surface area contributed by atoms with Gasteiger partial charge in [0.15, 0.2) is 28.0 Å². The number of sulfone groups is 1. The minimum atomic E-state index is -3.47. The first-order chi connectivity index (χ1) is 12.0. The van der Waals surface area contributed by atoms with Gasteiger partial charge in [-0.3, -0.25) is 4.79 Å². The number of ether oxygens (including phenoxy) is 1. The zero-order valence-electron chi connectivity index (χ0n) is 13.5. The van der Waals surface area contributed by atoms with Gasteiger partial charge < -0.3 is 9.64 Å². The highest BCUT2D eigenvalue weighted by molar-refractivity contribution is 7.92. The van der Waals surface area contributed by atoms with Gasteiger partial charge in [-0.25, -0.2) is 12.8 Å². The van der Waals surface area contributed by atoms with E-state index >= 15 is 0 Å². The summed E-state index contributed by atoms with van der Waals surface area (Å²) in [5, 5.41) is -0.632. The van der Waals surface area contributed by atoms with Crippen molar-refractivity contribution in [3.63, 3.8) is 0 Å². The fraction of sp³-hybridized carbons (Fsp3) is 0.278. The van der Waals surface area contributed by atoms with E-state index in [0.29, 0.717) is 13.0 Å². The first-order valence-electron chi connectivity index (χ1n) is 7.92. The van der Waals surface area contributed by atoms with Crippen molar-refractivity contribution in [2.45, 2.75) is 16.6 Å². The van der Waals surface area contributed by atoms with Gasteiger partial charge in [0, 0.05) is 13.1 Å². The van der Waals surface area contributed by atoms with E-state index < -0.39 is 20.9 Å². The Hall–Kier alpha value is -2.41. The molecule has 1 heterocycles. The maximum Gasteiger partial charge on any atom is 0.260 e. The van der Waals surface area contributed by atoms with Crippen LogP contribution in [0.4, 0.5) is 4.39 Å². The molecule has 1 amide bonds. The monoisotopic (exact) mass is 363 g/mol. The lowest BCUT2D eigenvalue weighted by Gasteiger charge is -2.17. The number of benzene rings is 2. The van der Waals surface area contributed by atoms with E-state index in [9.17, 15) is 17.6 Å². The summed E-state index contributed by atoms with van der Waals surface area (Å²) >= 11 is 0. The van der Waals surface area contributed by atoms with Gasteiger partial charge in [-0.15, -0.1) is 0 Å². The Balaban J connectivity index is 1.61. The van der Waals surface area contributed by atoms with E-state index in [2.05, 4.69) is 0 Å². The van der Waals surface area contributed by atoms with Crippen LogP contribution in [0, 0.1) is 5.82 Å². The lowest BCUT2D eigenvalue weighted by molar-refractivity contribution is -0.132. The molecule has 2 aromatic rings. The first kappa shape index (κ1) is 17.4. The molecule has 3 rings (SSSR count). The maximum atomic E-state index is 13.5. The number of rotatable bonds is 5. The molecule has 1 aliphatic heterocycles. The van der Waals surface area contributed by atoms with Crippen molar-refractivity contribution in [1.82, 2.24) is 4.90 Å². The molecule has 0 aliphatic carbocycles. The van der Waals surface area contributed by atoms with Crippen LogP contribution in [-0.4, -0.2) is 44.2 Å². The molecular weight excluding hydrogens is 345 g/mol. The number of nitrogens with zero attached hydrogens (tertiary/aromatic N) is 1. The lowest BCUT2D eigenvalue weighted by Crippen LogP contribution is -2.35. The summed E-state index contributed by atoms with van der Waals surface area (Å²) in [5.41, 5.74) is 0. The number of carbonyl (C=O) groups excluding carboxylic acids is 1. The highest BCUT2D eigenvalue weighted by Crippen LogP contribution is 2.24. The molecule has 0 spiro atoms. The minimum absolute atomic E-state index is 0.00324. The molecule has 0 saturated carbocycles. The molecule has 0 aromatic heterocycles. The molecule has 0 N–H and O–H groups in total. The largest absolute Gasteiger partial charge is 0.481 e. The van der Waals surface area contributed by atoms with Gasteiger partial charge in [0.05, 0.1) is 10.1 Å². The van der Waals surface area contributed by atoms with Gasteiger partial charge >= 0.3 is 0 Å². The number of carbonyl (C=O) groups is 1. The SMILES string of the molecule is O=C(COc1ccccc1F)N1CCC(S(=O)(=O)c2ccccc2)C1. The Morgan fingerprint density at radius 1 is 1.12 bits per heavy atom. The Morgan fingerprint density at radius 3 is 2.52 bits per heavy atom. The fourth-order valence-electron chi connectivity index (χ4n) is 2.80. The Morgan fingerprint density at radius 2 is 1.80 bits per heavy atom. The summed E-state index contributed by atoms with van der Waals surface area (Å²) in [6.45, 7) is 0.145. The molecule has 1 unspecified atom stereocenters. The van der Waals surface area contributed by atoms with E-state index in [0.717, 1.165) is 0 Å². The third-order valence-corrected chi connectivity index (χ3v) is 6.39. The van der Waals surface area contributed by atoms with Gasteiger partial charge in [-0.05, 0) is 30.7 Å². The van der Waals surface area contributed by atoms with Crippen molar-refractivity contribution in [2.75, 3.05) is 19.7 Å². The number of hydrogen-bond donors (Lipinski definition) is 0. The summed E-state index contributed by atoms with van der Waals surface area (Å²) in [4.78, 5) is 13.9. The van der Waals surface area contributed by atoms with E-state index in [-0.39, 0.29) is 29.7 Å². The number of likely N-dealkylation sites (tertiary alicyclic amines) is 1. The molecule has 5 nitrogen and oxygen atoms in total. The van der Waals surface area contributed by atoms with Gasteiger partial charge in [0.25, 0.3) is 5.91 Å². The average molecular weight is 363 g/mol. The summed E-state index contributed by atoms with van der Waals surface area (Å²) in [6.07, 6.45) is 0.378. The van der Waals surface area contributed by atoms with Crippen molar-refractivity contribution in [2.24, 2.45) is 0 Å². The normalized spacial score (nSPS) is 17.5. The van der Waals surface area contributed by atoms with Crippen LogP contribution < -0.4 is 4.74 Å². The standard InChI is InChI=1S/C18H18FNO4S/c19-16-8-4-5-9-17(16)24-13-18(21)20-11-10-15(12-20)25(22,23)14-6-2-1-3-7-14/h1-9,15H,10-13H2. The summed E-state index contributed by atoms with van der Waals surface area (Å²) in [6, 6.07) is 14.0. The van der Waals surface area contributed by atoms with Crippen LogP contribution in [0.2, 0.25) is 0 Å². The molecule has 1 fully saturated rings. The van der Waals surface area contributed by atoms with Crippen LogP contribution in [0.3, 0.4) is 0 Å². The summed E-state index contributed by atoms with van der Waals surface area (Å²) in [7, 11) is -3.47. The lowest BCUT2D eigenvalue weighted by atomic mass is 10.3. The van der Waals surface area contributed by atoms with Gasteiger partial charge in [-0.1, -0.05) is 30.3 Å². The Bertz CT molecular complexity index is 854. The molecule has 0 radical (unpaired) electrons. The topological polar surface area (TPSA) is 63.7 Å². The van der Waals surface area contributed by atoms with E-state index in [1.54, 1.807) is 36.4 Å². The molecule has 1 atom stereocenters. The molecule has 7 heteroatoms. The Kier molecular flexibility index (Phi) is 5.03. The molecule has 2 aromatic carbocycles. The molecular formula is C18H18FNO4S. The van der Waals surface area contributed by atoms with Crippen molar-refractivity contribution < 1.29 is 22.3 Å². The van der Waals surface area contributed by atoms with Crippen molar-refractivity contribution in [1.29, 1.82) is 0 Å². The van der Waals surface area contributed by atoms with Crippen LogP contribution in [0.5, 0.6) is 5.75 Å². The summed E-state index contributed by atoms with van der Waals surface area (Å²) in [5.74, 6) is -0.890. The predicted octanol–water partition coefficient (Wildman–Crippen LogP) is 2.28. The predicted molar refractivity (Wildman–Crippen MR) is 90.5 cm³/mol. The van der Waals surface area contributed by atoms with Crippen molar-refractivity contribution in [3.05, 3.63) is 60.4 Å². The van der Waals surface area contributed by atoms with E-state index in [1.165, 1.54) is 23.1 Å². The average Bonchev–Trinajstić information content (AvgIpc) is 3.12. The van der Waals surface area contributed by atoms with Gasteiger partial charge in [0.2, 0.25) is 0 Å². The van der Waals surface area contributed by atoms with Crippen molar-refractivity contribution in [3.8, 4) is 5.75 Å². The second-order valence-electron chi connectivity index (χ2n) is 5.83. The zero-order valence-corrected chi connectivity index (χ0v) is 14.3. The van der Waals surface area contributed by atoms with Crippen LogP contribution in [0.1, 0.15) is 6.42 Å². The molecule has 25 heavy (non-hydrogen) atoms. The zero-order chi connectivity index (χ0) is 17.9. The number of halogens is 1. The van der Waals surface area contributed by atoms with E-state index in [1.807, 2.05) is 0 Å². The Labute approximate surface area is 145 Å². The second kappa shape index (κ2) is 7.23. The molecule has 0 bridgehead atoms. The first-order valence-corrected chi connectivity index (χ1v) is 9.47. The summed E-state index contributed by atoms with van der Waals surface area (Å²) < 4.78 is 43.9. The molecule has 1 aliphatic rings. The highest BCUT2D eigenvalue weighted by atomic mass is 32.2. The van der Waals surface area contributed by atoms with Crippen LogP contribution >= 0.6 is 0 Å². The van der Waals surface area contributed by atoms with E-state index in [4.69, 9.17) is 4.74 Å². The van der Waals surface area contributed by atoms with Gasteiger partial charge in [0.1, 0.15) is 0 Å². The van der Waals surface area contributed by atoms with Crippen LogP contribution in [0.25, 0.3) is 0 Å². The van der Waals surface area contributed by atoms with Gasteiger partial charge in [-0.2, -0.15) is 0 Å². The van der Waals surface area contributed by atoms with Crippen LogP contribution in [-0.2, 0) is 14.6 Å². The maximum absolute atomic E-state index is 13.5. The smallest absolute Gasteiger partial charge is 0.260 e. The fourth-order valence-corrected chi connectivity index (χ4v) is 4.52. The van der Waals surface area contributed by atoms with Crippen molar-refractivity contribution >= 4 is 15.7 Å². The molecule has 1 saturated heterocycles. The second-order valence-corrected chi connectivity index (χ2v) is 8.06. The highest BCUT2D eigenvalue weighted by Gasteiger charge is 2.36. The number of amides is 1. The third kappa shape index (κ3) is 3.82. The molecule has 132 valence electrons.